The molecule has 0 radical (unpaired) electrons. The van der Waals surface area contributed by atoms with Crippen molar-refractivity contribution >= 4 is 23.3 Å². The summed E-state index contributed by atoms with van der Waals surface area (Å²) in [5.41, 5.74) is 4.77. The van der Waals surface area contributed by atoms with Crippen molar-refractivity contribution in [3.8, 4) is 0 Å². The zero-order valence-electron chi connectivity index (χ0n) is 17.8. The van der Waals surface area contributed by atoms with E-state index < -0.39 is 0 Å². The molecule has 4 aromatic rings. The normalized spacial score (nSPS) is 11.1. The van der Waals surface area contributed by atoms with Crippen molar-refractivity contribution in [3.05, 3.63) is 81.1 Å². The largest absolute Gasteiger partial charge is 0.361 e. The van der Waals surface area contributed by atoms with E-state index in [1.807, 2.05) is 32.2 Å². The third-order valence-electron chi connectivity index (χ3n) is 5.28. The Morgan fingerprint density at radius 2 is 1.87 bits per heavy atom. The molecule has 8 nitrogen and oxygen atoms in total. The van der Waals surface area contributed by atoms with Gasteiger partial charge in [-0.2, -0.15) is 10.2 Å². The first-order chi connectivity index (χ1) is 14.8. The highest BCUT2D eigenvalue weighted by Gasteiger charge is 2.22. The lowest BCUT2D eigenvalue weighted by Gasteiger charge is -2.06. The van der Waals surface area contributed by atoms with Crippen LogP contribution in [0.4, 0.5) is 5.82 Å². The third-order valence-corrected chi connectivity index (χ3v) is 5.82. The Bertz CT molecular complexity index is 1250. The minimum atomic E-state index is -0.388. The quantitative estimate of drug-likeness (QED) is 0.484. The maximum atomic E-state index is 12.9. The fraction of sp³-hybridized carbons (Fsp3) is 0.273. The molecule has 3 heterocycles. The van der Waals surface area contributed by atoms with Crippen LogP contribution >= 0.6 is 11.6 Å². The summed E-state index contributed by atoms with van der Waals surface area (Å²) >= 11 is 6.25. The Morgan fingerprint density at radius 3 is 2.58 bits per heavy atom. The van der Waals surface area contributed by atoms with Gasteiger partial charge >= 0.3 is 0 Å². The first-order valence-corrected chi connectivity index (χ1v) is 10.2. The molecule has 0 atom stereocenters. The smallest absolute Gasteiger partial charge is 0.279 e. The van der Waals surface area contributed by atoms with Gasteiger partial charge in [-0.1, -0.05) is 41.0 Å². The molecule has 1 amide bonds. The number of anilines is 1. The van der Waals surface area contributed by atoms with E-state index in [2.05, 4.69) is 39.7 Å². The molecule has 0 aliphatic carbocycles. The van der Waals surface area contributed by atoms with Gasteiger partial charge < -0.3 is 9.84 Å². The number of aryl methyl sites for hydroxylation is 3. The van der Waals surface area contributed by atoms with E-state index in [4.69, 9.17) is 16.1 Å². The van der Waals surface area contributed by atoms with Crippen LogP contribution in [0.3, 0.4) is 0 Å². The van der Waals surface area contributed by atoms with Crippen LogP contribution in [0.15, 0.2) is 41.1 Å². The fourth-order valence-electron chi connectivity index (χ4n) is 3.39. The molecule has 0 saturated carbocycles. The molecule has 3 aromatic heterocycles. The van der Waals surface area contributed by atoms with Crippen molar-refractivity contribution < 1.29 is 9.32 Å². The topological polar surface area (TPSA) is 90.8 Å². The van der Waals surface area contributed by atoms with Crippen molar-refractivity contribution in [3.63, 3.8) is 0 Å². The van der Waals surface area contributed by atoms with E-state index in [9.17, 15) is 4.79 Å². The van der Waals surface area contributed by atoms with Crippen LogP contribution in [0, 0.1) is 27.7 Å². The Morgan fingerprint density at radius 1 is 1.10 bits per heavy atom. The number of carbonyl (C=O) groups excluding carboxylic acids is 1. The molecular formula is C22H23ClN6O2. The minimum absolute atomic E-state index is 0.203. The van der Waals surface area contributed by atoms with Gasteiger partial charge in [-0.05, 0) is 38.8 Å². The summed E-state index contributed by atoms with van der Waals surface area (Å²) in [6.07, 6.45) is 1.83. The molecule has 1 N–H and O–H groups in total. The number of benzene rings is 1. The Kier molecular flexibility index (Phi) is 5.65. The van der Waals surface area contributed by atoms with Crippen molar-refractivity contribution in [2.75, 3.05) is 5.32 Å². The highest BCUT2D eigenvalue weighted by atomic mass is 35.5. The zero-order chi connectivity index (χ0) is 22.1. The SMILES string of the molecule is Cc1ccccc1Cn1ccc(NC(=O)c2noc(C)c2Cn2nc(C)c(Cl)c2C)n1. The Labute approximate surface area is 184 Å². The molecular weight excluding hydrogens is 416 g/mol. The number of nitrogens with zero attached hydrogens (tertiary/aromatic N) is 5. The summed E-state index contributed by atoms with van der Waals surface area (Å²) in [5, 5.41) is 16.2. The van der Waals surface area contributed by atoms with Crippen LogP contribution in [-0.4, -0.2) is 30.6 Å². The molecule has 0 spiro atoms. The molecule has 0 saturated heterocycles. The number of rotatable bonds is 6. The van der Waals surface area contributed by atoms with E-state index in [0.717, 1.165) is 11.4 Å². The van der Waals surface area contributed by atoms with E-state index in [1.165, 1.54) is 11.1 Å². The summed E-state index contributed by atoms with van der Waals surface area (Å²) in [6, 6.07) is 9.88. The lowest BCUT2D eigenvalue weighted by atomic mass is 10.1. The summed E-state index contributed by atoms with van der Waals surface area (Å²) in [5.74, 6) is 0.610. The number of aromatic nitrogens is 5. The van der Waals surface area contributed by atoms with Gasteiger partial charge in [0.1, 0.15) is 5.76 Å². The molecule has 31 heavy (non-hydrogen) atoms. The summed E-state index contributed by atoms with van der Waals surface area (Å²) < 4.78 is 8.81. The van der Waals surface area contributed by atoms with Gasteiger partial charge in [0.2, 0.25) is 0 Å². The summed E-state index contributed by atoms with van der Waals surface area (Å²) in [6.45, 7) is 8.50. The van der Waals surface area contributed by atoms with Gasteiger partial charge in [-0.3, -0.25) is 14.2 Å². The van der Waals surface area contributed by atoms with E-state index in [0.29, 0.717) is 35.3 Å². The fourth-order valence-corrected chi connectivity index (χ4v) is 3.52. The minimum Gasteiger partial charge on any atom is -0.361 e. The third kappa shape index (κ3) is 4.25. The second-order valence-corrected chi connectivity index (χ2v) is 7.87. The number of hydrogen-bond acceptors (Lipinski definition) is 5. The van der Waals surface area contributed by atoms with Crippen LogP contribution < -0.4 is 5.32 Å². The molecule has 0 bridgehead atoms. The predicted molar refractivity (Wildman–Crippen MR) is 118 cm³/mol. The average Bonchev–Trinajstić information content (AvgIpc) is 3.40. The summed E-state index contributed by atoms with van der Waals surface area (Å²) in [4.78, 5) is 12.9. The molecule has 160 valence electrons. The highest BCUT2D eigenvalue weighted by molar-refractivity contribution is 6.31. The lowest BCUT2D eigenvalue weighted by molar-refractivity contribution is 0.101. The van der Waals surface area contributed by atoms with E-state index >= 15 is 0 Å². The molecule has 0 fully saturated rings. The predicted octanol–water partition coefficient (Wildman–Crippen LogP) is 4.30. The average molecular weight is 439 g/mol. The summed E-state index contributed by atoms with van der Waals surface area (Å²) in [7, 11) is 0. The number of hydrogen-bond donors (Lipinski definition) is 1. The van der Waals surface area contributed by atoms with Gasteiger partial charge in [-0.25, -0.2) is 0 Å². The maximum Gasteiger partial charge on any atom is 0.279 e. The van der Waals surface area contributed by atoms with E-state index in [1.54, 1.807) is 22.4 Å². The Balaban J connectivity index is 1.50. The monoisotopic (exact) mass is 438 g/mol. The van der Waals surface area contributed by atoms with E-state index in [-0.39, 0.29) is 11.6 Å². The second-order valence-electron chi connectivity index (χ2n) is 7.49. The van der Waals surface area contributed by atoms with Crippen LogP contribution in [0.1, 0.15) is 44.3 Å². The van der Waals surface area contributed by atoms with Gasteiger partial charge in [0, 0.05) is 17.8 Å². The zero-order valence-corrected chi connectivity index (χ0v) is 18.6. The second kappa shape index (κ2) is 8.39. The van der Waals surface area contributed by atoms with Crippen LogP contribution in [-0.2, 0) is 13.1 Å². The van der Waals surface area contributed by atoms with Crippen LogP contribution in [0.25, 0.3) is 0 Å². The van der Waals surface area contributed by atoms with Crippen molar-refractivity contribution in [1.82, 2.24) is 24.7 Å². The number of halogens is 1. The van der Waals surface area contributed by atoms with Crippen molar-refractivity contribution in [1.29, 1.82) is 0 Å². The molecule has 9 heteroatoms. The molecule has 0 aliphatic rings. The van der Waals surface area contributed by atoms with Crippen molar-refractivity contribution in [2.45, 2.75) is 40.8 Å². The van der Waals surface area contributed by atoms with Gasteiger partial charge in [0.25, 0.3) is 5.91 Å². The van der Waals surface area contributed by atoms with Gasteiger partial charge in [-0.15, -0.1) is 0 Å². The van der Waals surface area contributed by atoms with Crippen LogP contribution in [0.2, 0.25) is 5.02 Å². The highest BCUT2D eigenvalue weighted by Crippen LogP contribution is 2.22. The molecule has 4 rings (SSSR count). The van der Waals surface area contributed by atoms with Crippen molar-refractivity contribution in [2.24, 2.45) is 0 Å². The van der Waals surface area contributed by atoms with Gasteiger partial charge in [0.05, 0.1) is 29.5 Å². The molecule has 0 aliphatic heterocycles. The van der Waals surface area contributed by atoms with Crippen LogP contribution in [0.5, 0.6) is 0 Å². The number of amides is 1. The maximum absolute atomic E-state index is 12.9. The molecule has 0 unspecified atom stereocenters. The van der Waals surface area contributed by atoms with Gasteiger partial charge in [0.15, 0.2) is 11.5 Å². The molecule has 1 aromatic carbocycles. The lowest BCUT2D eigenvalue weighted by Crippen LogP contribution is -2.17. The standard InChI is InChI=1S/C22H23ClN6O2/c1-13-7-5-6-8-17(13)11-28-10-9-19(26-28)24-22(30)21-18(16(4)31-27-21)12-29-15(3)20(23)14(2)25-29/h5-10H,11-12H2,1-4H3,(H,24,26,30). The first-order valence-electron chi connectivity index (χ1n) is 9.87. The number of carbonyl (C=O) groups is 1. The Hall–Kier alpha value is -3.39. The number of nitrogens with one attached hydrogen (secondary N) is 1. The first kappa shape index (κ1) is 20.9.